The number of nitrogens with zero attached hydrogens (tertiary/aromatic N) is 3. The molecule has 2 aromatic heterocycles. The quantitative estimate of drug-likeness (QED) is 0.384. The van der Waals surface area contributed by atoms with Crippen molar-refractivity contribution in [2.45, 2.75) is 13.8 Å². The van der Waals surface area contributed by atoms with Crippen LogP contribution in [0.5, 0.6) is 5.75 Å². The number of aryl methyl sites for hydroxylation is 1. The monoisotopic (exact) mass is 363 g/mol. The van der Waals surface area contributed by atoms with E-state index in [2.05, 4.69) is 4.98 Å². The molecule has 0 atom stereocenters. The molecule has 0 amide bonds. The maximum atomic E-state index is 12.7. The van der Waals surface area contributed by atoms with Gasteiger partial charge in [-0.1, -0.05) is 12.1 Å². The van der Waals surface area contributed by atoms with Crippen molar-refractivity contribution in [1.29, 1.82) is 5.26 Å². The van der Waals surface area contributed by atoms with Gasteiger partial charge in [0.05, 0.1) is 7.11 Å². The summed E-state index contributed by atoms with van der Waals surface area (Å²) in [4.78, 5) is 17.1. The zero-order chi connectivity index (χ0) is 18.7. The van der Waals surface area contributed by atoms with Crippen LogP contribution in [0.15, 0.2) is 47.5 Å². The van der Waals surface area contributed by atoms with Gasteiger partial charge in [0, 0.05) is 28.5 Å². The van der Waals surface area contributed by atoms with E-state index in [1.807, 2.05) is 35.9 Å². The van der Waals surface area contributed by atoms with Gasteiger partial charge in [0.15, 0.2) is 5.13 Å². The average Bonchev–Trinajstić information content (AvgIpc) is 3.27. The van der Waals surface area contributed by atoms with E-state index in [4.69, 9.17) is 4.74 Å². The van der Waals surface area contributed by atoms with Crippen LogP contribution in [0.25, 0.3) is 11.2 Å². The fourth-order valence-corrected chi connectivity index (χ4v) is 3.53. The molecule has 5 nitrogen and oxygen atoms in total. The molecule has 0 bridgehead atoms. The smallest absolute Gasteiger partial charge is 0.203 e. The molecule has 3 aromatic rings. The van der Waals surface area contributed by atoms with Crippen molar-refractivity contribution < 1.29 is 9.53 Å². The minimum atomic E-state index is -0.328. The molecule has 130 valence electrons. The summed E-state index contributed by atoms with van der Waals surface area (Å²) in [6.07, 6.45) is 3.38. The zero-order valence-electron chi connectivity index (χ0n) is 14.7. The first-order valence-electron chi connectivity index (χ1n) is 7.94. The number of ether oxygens (including phenoxy) is 1. The number of carbonyl (C=O) groups is 1. The molecule has 3 rings (SSSR count). The molecule has 0 saturated carbocycles. The molecule has 2 heterocycles. The molecule has 0 spiro atoms. The van der Waals surface area contributed by atoms with Crippen LogP contribution in [0.1, 0.15) is 27.3 Å². The van der Waals surface area contributed by atoms with E-state index in [1.165, 1.54) is 18.4 Å². The Balaban J connectivity index is 2.01. The van der Waals surface area contributed by atoms with Crippen molar-refractivity contribution in [2.75, 3.05) is 7.11 Å². The number of Topliss-reactive ketones (excluding diaryl/α,β-unsaturated/α-hetero) is 1. The van der Waals surface area contributed by atoms with Crippen LogP contribution in [0.4, 0.5) is 0 Å². The van der Waals surface area contributed by atoms with Crippen LogP contribution in [0, 0.1) is 25.2 Å². The fraction of sp³-hybridized carbons (Fsp3) is 0.150. The van der Waals surface area contributed by atoms with Crippen LogP contribution < -0.4 is 4.74 Å². The third-order valence-electron chi connectivity index (χ3n) is 4.08. The zero-order valence-corrected chi connectivity index (χ0v) is 15.5. The second-order valence-electron chi connectivity index (χ2n) is 5.71. The number of methoxy groups -OCH3 is 1. The van der Waals surface area contributed by atoms with Crippen molar-refractivity contribution >= 4 is 23.2 Å². The summed E-state index contributed by atoms with van der Waals surface area (Å²) in [5, 5.41) is 12.3. The molecule has 1 aromatic carbocycles. The summed E-state index contributed by atoms with van der Waals surface area (Å²) in [6.45, 7) is 3.92. The lowest BCUT2D eigenvalue weighted by molar-refractivity contribution is 0.103. The van der Waals surface area contributed by atoms with E-state index in [9.17, 15) is 10.1 Å². The number of nitriles is 1. The summed E-state index contributed by atoms with van der Waals surface area (Å²) < 4.78 is 7.17. The molecule has 0 radical (unpaired) electrons. The van der Waals surface area contributed by atoms with Gasteiger partial charge in [0.1, 0.15) is 17.4 Å². The lowest BCUT2D eigenvalue weighted by atomic mass is 10.0. The number of rotatable bonds is 5. The van der Waals surface area contributed by atoms with Crippen LogP contribution >= 0.6 is 11.3 Å². The van der Waals surface area contributed by atoms with Gasteiger partial charge in [-0.25, -0.2) is 4.98 Å². The van der Waals surface area contributed by atoms with Crippen LogP contribution in [-0.4, -0.2) is 22.4 Å². The lowest BCUT2D eigenvalue weighted by Gasteiger charge is -2.05. The second kappa shape index (κ2) is 7.38. The molecule has 0 fully saturated rings. The number of thiazole rings is 1. The van der Waals surface area contributed by atoms with E-state index < -0.39 is 0 Å². The van der Waals surface area contributed by atoms with Gasteiger partial charge in [-0.2, -0.15) is 5.26 Å². The SMILES string of the molecule is COc1cccc(C(=O)/C(C#N)=C/c2cc(C)n(-c3nccs3)c2C)c1. The van der Waals surface area contributed by atoms with Gasteiger partial charge in [0.2, 0.25) is 5.78 Å². The summed E-state index contributed by atoms with van der Waals surface area (Å²) in [7, 11) is 1.54. The Morgan fingerprint density at radius 3 is 2.81 bits per heavy atom. The number of allylic oxidation sites excluding steroid dienone is 1. The first kappa shape index (κ1) is 17.6. The van der Waals surface area contributed by atoms with E-state index in [-0.39, 0.29) is 11.4 Å². The Labute approximate surface area is 155 Å². The molecule has 0 N–H and O–H groups in total. The minimum absolute atomic E-state index is 0.0811. The van der Waals surface area contributed by atoms with Gasteiger partial charge in [-0.05, 0) is 43.7 Å². The van der Waals surface area contributed by atoms with Gasteiger partial charge in [-0.3, -0.25) is 9.36 Å². The highest BCUT2D eigenvalue weighted by Crippen LogP contribution is 2.25. The predicted octanol–water partition coefficient (Wildman–Crippen LogP) is 4.35. The number of aromatic nitrogens is 2. The maximum Gasteiger partial charge on any atom is 0.203 e. The Bertz CT molecular complexity index is 1020. The molecule has 26 heavy (non-hydrogen) atoms. The third-order valence-corrected chi connectivity index (χ3v) is 4.83. The van der Waals surface area contributed by atoms with E-state index in [1.54, 1.807) is 36.5 Å². The van der Waals surface area contributed by atoms with Crippen LogP contribution in [0.2, 0.25) is 0 Å². The summed E-state index contributed by atoms with van der Waals surface area (Å²) >= 11 is 1.53. The van der Waals surface area contributed by atoms with E-state index in [0.717, 1.165) is 22.1 Å². The number of hydrogen-bond acceptors (Lipinski definition) is 5. The van der Waals surface area contributed by atoms with Crippen LogP contribution in [0.3, 0.4) is 0 Å². The highest BCUT2D eigenvalue weighted by atomic mass is 32.1. The molecule has 0 aliphatic carbocycles. The second-order valence-corrected chi connectivity index (χ2v) is 6.58. The van der Waals surface area contributed by atoms with Gasteiger partial charge >= 0.3 is 0 Å². The fourth-order valence-electron chi connectivity index (χ4n) is 2.78. The van der Waals surface area contributed by atoms with Crippen molar-refractivity contribution in [1.82, 2.24) is 9.55 Å². The Morgan fingerprint density at radius 1 is 1.35 bits per heavy atom. The van der Waals surface area contributed by atoms with Gasteiger partial charge < -0.3 is 4.74 Å². The molecule has 0 aliphatic heterocycles. The molecule has 0 aliphatic rings. The average molecular weight is 363 g/mol. The van der Waals surface area contributed by atoms with Crippen LogP contribution in [-0.2, 0) is 0 Å². The third kappa shape index (κ3) is 3.30. The minimum Gasteiger partial charge on any atom is -0.497 e. The number of benzene rings is 1. The summed E-state index contributed by atoms with van der Waals surface area (Å²) in [6, 6.07) is 10.8. The van der Waals surface area contributed by atoms with E-state index in [0.29, 0.717) is 11.3 Å². The number of carbonyl (C=O) groups excluding carboxylic acids is 1. The highest BCUT2D eigenvalue weighted by molar-refractivity contribution is 7.12. The summed E-state index contributed by atoms with van der Waals surface area (Å²) in [5.41, 5.74) is 3.26. The lowest BCUT2D eigenvalue weighted by Crippen LogP contribution is -2.02. The van der Waals surface area contributed by atoms with Crippen molar-refractivity contribution in [3.63, 3.8) is 0 Å². The summed E-state index contributed by atoms with van der Waals surface area (Å²) in [5.74, 6) is 0.250. The largest absolute Gasteiger partial charge is 0.497 e. The highest BCUT2D eigenvalue weighted by Gasteiger charge is 2.16. The normalized spacial score (nSPS) is 11.2. The Kier molecular flexibility index (Phi) is 5.01. The molecule has 0 saturated heterocycles. The topological polar surface area (TPSA) is 67.9 Å². The molecular weight excluding hydrogens is 346 g/mol. The number of ketones is 1. The number of hydrogen-bond donors (Lipinski definition) is 0. The first-order valence-corrected chi connectivity index (χ1v) is 8.82. The molecular formula is C20H17N3O2S. The Morgan fingerprint density at radius 2 is 2.15 bits per heavy atom. The maximum absolute atomic E-state index is 12.7. The standard InChI is InChI=1S/C20H17N3O2S/c1-13-9-16(14(2)23(13)20-22-7-8-26-20)10-17(12-21)19(24)15-5-4-6-18(11-15)25-3/h4-11H,1-3H3/b17-10+. The first-order chi connectivity index (χ1) is 12.5. The molecule has 6 heteroatoms. The van der Waals surface area contributed by atoms with Gasteiger partial charge in [0.25, 0.3) is 0 Å². The van der Waals surface area contributed by atoms with Crippen molar-refractivity contribution in [3.8, 4) is 17.0 Å². The molecule has 0 unspecified atom stereocenters. The van der Waals surface area contributed by atoms with Gasteiger partial charge in [-0.15, -0.1) is 11.3 Å². The van der Waals surface area contributed by atoms with Crippen molar-refractivity contribution in [3.05, 3.63) is 70.0 Å². The predicted molar refractivity (Wildman–Crippen MR) is 102 cm³/mol. The van der Waals surface area contributed by atoms with E-state index >= 15 is 0 Å². The van der Waals surface area contributed by atoms with Crippen molar-refractivity contribution in [2.24, 2.45) is 0 Å². The Hall–Kier alpha value is -3.17.